The monoisotopic (exact) mass is 301 g/mol. The van der Waals surface area contributed by atoms with Crippen LogP contribution in [0.25, 0.3) is 0 Å². The summed E-state index contributed by atoms with van der Waals surface area (Å²) in [5, 5.41) is 14.8. The summed E-state index contributed by atoms with van der Waals surface area (Å²) in [6.07, 6.45) is 2.47. The number of hydrogen-bond acceptors (Lipinski definition) is 4. The Morgan fingerprint density at radius 3 is 2.82 bits per heavy atom. The topological polar surface area (TPSA) is 74.2 Å². The number of nitrogens with zero attached hydrogens (tertiary/aromatic N) is 1. The summed E-state index contributed by atoms with van der Waals surface area (Å²) in [5.74, 6) is -0.00811. The SMILES string of the molecule is CCC(C)c1ccccc1N/C=C(/C#N)C(=O)NCCOC. The number of para-hydroxylation sites is 1. The molecule has 2 N–H and O–H groups in total. The molecule has 1 rings (SSSR count). The maximum Gasteiger partial charge on any atom is 0.263 e. The van der Waals surface area contributed by atoms with Gasteiger partial charge in [0.1, 0.15) is 11.6 Å². The number of nitriles is 1. The minimum atomic E-state index is -0.409. The average Bonchev–Trinajstić information content (AvgIpc) is 2.55. The molecule has 5 nitrogen and oxygen atoms in total. The molecule has 0 bridgehead atoms. The zero-order chi connectivity index (χ0) is 16.4. The van der Waals surface area contributed by atoms with Gasteiger partial charge >= 0.3 is 0 Å². The van der Waals surface area contributed by atoms with Crippen LogP contribution < -0.4 is 10.6 Å². The second-order valence-electron chi connectivity index (χ2n) is 4.96. The van der Waals surface area contributed by atoms with Crippen molar-refractivity contribution in [2.24, 2.45) is 0 Å². The van der Waals surface area contributed by atoms with Crippen molar-refractivity contribution in [2.75, 3.05) is 25.6 Å². The van der Waals surface area contributed by atoms with Crippen LogP contribution in [0.4, 0.5) is 5.69 Å². The van der Waals surface area contributed by atoms with E-state index in [2.05, 4.69) is 30.5 Å². The van der Waals surface area contributed by atoms with Crippen molar-refractivity contribution in [1.82, 2.24) is 5.32 Å². The Kier molecular flexibility index (Phi) is 7.73. The van der Waals surface area contributed by atoms with Gasteiger partial charge in [0.05, 0.1) is 6.61 Å². The van der Waals surface area contributed by atoms with Gasteiger partial charge in [-0.05, 0) is 24.0 Å². The lowest BCUT2D eigenvalue weighted by Gasteiger charge is -2.14. The molecule has 0 aliphatic rings. The Hall–Kier alpha value is -2.32. The summed E-state index contributed by atoms with van der Waals surface area (Å²) >= 11 is 0. The molecular formula is C17H23N3O2. The van der Waals surface area contributed by atoms with Crippen LogP contribution in [0.3, 0.4) is 0 Å². The number of anilines is 1. The van der Waals surface area contributed by atoms with Crippen molar-refractivity contribution in [3.8, 4) is 6.07 Å². The summed E-state index contributed by atoms with van der Waals surface area (Å²) < 4.78 is 4.86. The highest BCUT2D eigenvalue weighted by Gasteiger charge is 2.10. The van der Waals surface area contributed by atoms with E-state index in [4.69, 9.17) is 10.00 Å². The number of benzene rings is 1. The zero-order valence-corrected chi connectivity index (χ0v) is 13.3. The number of carbonyl (C=O) groups excluding carboxylic acids is 1. The molecule has 1 amide bonds. The van der Waals surface area contributed by atoms with Gasteiger partial charge in [-0.1, -0.05) is 32.0 Å². The molecule has 0 aliphatic carbocycles. The van der Waals surface area contributed by atoms with Crippen molar-refractivity contribution < 1.29 is 9.53 Å². The number of rotatable bonds is 8. The summed E-state index contributed by atoms with van der Waals surface area (Å²) in [5.41, 5.74) is 2.11. The third kappa shape index (κ3) is 5.23. The fourth-order valence-electron chi connectivity index (χ4n) is 1.94. The van der Waals surface area contributed by atoms with Gasteiger partial charge in [0, 0.05) is 25.5 Å². The first-order chi connectivity index (χ1) is 10.6. The summed E-state index contributed by atoms with van der Waals surface area (Å²) in [6, 6.07) is 9.81. The molecule has 0 saturated heterocycles. The van der Waals surface area contributed by atoms with Gasteiger partial charge in [-0.3, -0.25) is 4.79 Å². The van der Waals surface area contributed by atoms with Gasteiger partial charge in [0.25, 0.3) is 5.91 Å². The summed E-state index contributed by atoms with van der Waals surface area (Å²) in [6.45, 7) is 5.06. The first-order valence-electron chi connectivity index (χ1n) is 7.36. The highest BCUT2D eigenvalue weighted by molar-refractivity contribution is 5.97. The number of amides is 1. The summed E-state index contributed by atoms with van der Waals surface area (Å²) in [4.78, 5) is 11.8. The van der Waals surface area contributed by atoms with Gasteiger partial charge in [0.15, 0.2) is 0 Å². The predicted molar refractivity (Wildman–Crippen MR) is 87.4 cm³/mol. The zero-order valence-electron chi connectivity index (χ0n) is 13.3. The maximum atomic E-state index is 11.8. The van der Waals surface area contributed by atoms with Crippen LogP contribution >= 0.6 is 0 Å². The molecular weight excluding hydrogens is 278 g/mol. The molecule has 1 atom stereocenters. The van der Waals surface area contributed by atoms with E-state index >= 15 is 0 Å². The maximum absolute atomic E-state index is 11.8. The molecule has 0 aromatic heterocycles. The molecule has 1 aromatic carbocycles. The standard InChI is InChI=1S/C17H23N3O2/c1-4-13(2)15-7-5-6-8-16(15)20-12-14(11-18)17(21)19-9-10-22-3/h5-8,12-13,20H,4,9-10H2,1-3H3,(H,19,21)/b14-12-. The third-order valence-electron chi connectivity index (χ3n) is 3.43. The largest absolute Gasteiger partial charge is 0.383 e. The molecule has 0 spiro atoms. The molecule has 22 heavy (non-hydrogen) atoms. The molecule has 0 heterocycles. The number of methoxy groups -OCH3 is 1. The van der Waals surface area contributed by atoms with Crippen molar-refractivity contribution in [1.29, 1.82) is 5.26 Å². The molecule has 1 aromatic rings. The molecule has 118 valence electrons. The van der Waals surface area contributed by atoms with E-state index < -0.39 is 5.91 Å². The van der Waals surface area contributed by atoms with Gasteiger partial charge in [-0.25, -0.2) is 0 Å². The van der Waals surface area contributed by atoms with Gasteiger partial charge in [-0.15, -0.1) is 0 Å². The first-order valence-corrected chi connectivity index (χ1v) is 7.36. The van der Waals surface area contributed by atoms with Crippen LogP contribution in [0.1, 0.15) is 31.7 Å². The fraction of sp³-hybridized carbons (Fsp3) is 0.412. The molecule has 0 fully saturated rings. The van der Waals surface area contributed by atoms with E-state index in [0.29, 0.717) is 19.1 Å². The lowest BCUT2D eigenvalue weighted by molar-refractivity contribution is -0.117. The van der Waals surface area contributed by atoms with Crippen molar-refractivity contribution in [3.63, 3.8) is 0 Å². The first kappa shape index (κ1) is 17.7. The Morgan fingerprint density at radius 2 is 2.18 bits per heavy atom. The second-order valence-corrected chi connectivity index (χ2v) is 4.96. The van der Waals surface area contributed by atoms with Crippen LogP contribution in [0, 0.1) is 11.3 Å². The van der Waals surface area contributed by atoms with Crippen molar-refractivity contribution in [2.45, 2.75) is 26.2 Å². The quantitative estimate of drug-likeness (QED) is 0.440. The highest BCUT2D eigenvalue weighted by atomic mass is 16.5. The Bertz CT molecular complexity index is 561. The van der Waals surface area contributed by atoms with Gasteiger partial charge < -0.3 is 15.4 Å². The molecule has 1 unspecified atom stereocenters. The fourth-order valence-corrected chi connectivity index (χ4v) is 1.94. The third-order valence-corrected chi connectivity index (χ3v) is 3.43. The van der Waals surface area contributed by atoms with Crippen molar-refractivity contribution in [3.05, 3.63) is 41.6 Å². The van der Waals surface area contributed by atoms with E-state index in [1.165, 1.54) is 11.8 Å². The predicted octanol–water partition coefficient (Wildman–Crippen LogP) is 2.78. The Labute approximate surface area is 132 Å². The Morgan fingerprint density at radius 1 is 1.45 bits per heavy atom. The van der Waals surface area contributed by atoms with E-state index in [0.717, 1.165) is 12.1 Å². The normalized spacial score (nSPS) is 12.4. The smallest absolute Gasteiger partial charge is 0.263 e. The lowest BCUT2D eigenvalue weighted by atomic mass is 9.97. The van der Waals surface area contributed by atoms with Crippen molar-refractivity contribution >= 4 is 11.6 Å². The van der Waals surface area contributed by atoms with E-state index in [9.17, 15) is 4.79 Å². The van der Waals surface area contributed by atoms with Gasteiger partial charge in [0.2, 0.25) is 0 Å². The molecule has 5 heteroatoms. The van der Waals surface area contributed by atoms with E-state index in [1.54, 1.807) is 7.11 Å². The van der Waals surface area contributed by atoms with Crippen LogP contribution in [-0.2, 0) is 9.53 Å². The molecule has 0 saturated carbocycles. The number of hydrogen-bond donors (Lipinski definition) is 2. The molecule has 0 radical (unpaired) electrons. The second kappa shape index (κ2) is 9.59. The number of nitrogens with one attached hydrogen (secondary N) is 2. The molecule has 0 aliphatic heterocycles. The van der Waals surface area contributed by atoms with Crippen LogP contribution in [-0.4, -0.2) is 26.2 Å². The van der Waals surface area contributed by atoms with Crippen LogP contribution in [0.5, 0.6) is 0 Å². The Balaban J connectivity index is 2.81. The van der Waals surface area contributed by atoms with Crippen LogP contribution in [0.15, 0.2) is 36.0 Å². The number of ether oxygens (including phenoxy) is 1. The van der Waals surface area contributed by atoms with Crippen LogP contribution in [0.2, 0.25) is 0 Å². The summed E-state index contributed by atoms with van der Waals surface area (Å²) in [7, 11) is 1.56. The lowest BCUT2D eigenvalue weighted by Crippen LogP contribution is -2.28. The van der Waals surface area contributed by atoms with Gasteiger partial charge in [-0.2, -0.15) is 5.26 Å². The highest BCUT2D eigenvalue weighted by Crippen LogP contribution is 2.26. The van der Waals surface area contributed by atoms with E-state index in [1.807, 2.05) is 24.3 Å². The minimum Gasteiger partial charge on any atom is -0.383 e. The minimum absolute atomic E-state index is 0.0371. The average molecular weight is 301 g/mol. The van der Waals surface area contributed by atoms with E-state index in [-0.39, 0.29) is 5.57 Å². The number of carbonyl (C=O) groups is 1.